The standard InChI is InChI=1S/C13H14BrN3O3/c1-8(6-15)7-17(2)13(20)16-9-3-4-11(14)10(5-9)12(18)19/h3-5,8H,7H2,1-2H3,(H,16,20)(H,18,19). The number of nitrogens with one attached hydrogen (secondary N) is 1. The van der Waals surface area contributed by atoms with Crippen LogP contribution in [0, 0.1) is 17.2 Å². The van der Waals surface area contributed by atoms with Crippen molar-refractivity contribution in [1.82, 2.24) is 4.90 Å². The molecule has 0 saturated carbocycles. The minimum atomic E-state index is -1.08. The van der Waals surface area contributed by atoms with Crippen LogP contribution in [0.5, 0.6) is 0 Å². The highest BCUT2D eigenvalue weighted by atomic mass is 79.9. The Hall–Kier alpha value is -2.07. The summed E-state index contributed by atoms with van der Waals surface area (Å²) < 4.78 is 0.439. The molecule has 0 aromatic heterocycles. The number of anilines is 1. The minimum Gasteiger partial charge on any atom is -0.478 e. The third-order valence-electron chi connectivity index (χ3n) is 2.56. The molecule has 7 heteroatoms. The summed E-state index contributed by atoms with van der Waals surface area (Å²) in [5.74, 6) is -1.36. The van der Waals surface area contributed by atoms with Gasteiger partial charge in [0.2, 0.25) is 0 Å². The van der Waals surface area contributed by atoms with Crippen LogP contribution in [0.4, 0.5) is 10.5 Å². The van der Waals surface area contributed by atoms with E-state index in [1.54, 1.807) is 26.1 Å². The number of carboxylic acids is 1. The van der Waals surface area contributed by atoms with Crippen LogP contribution in [-0.2, 0) is 0 Å². The predicted molar refractivity (Wildman–Crippen MR) is 77.5 cm³/mol. The summed E-state index contributed by atoms with van der Waals surface area (Å²) in [5.41, 5.74) is 0.447. The number of halogens is 1. The number of aromatic carboxylic acids is 1. The fourth-order valence-corrected chi connectivity index (χ4v) is 1.94. The summed E-state index contributed by atoms with van der Waals surface area (Å²) in [6.45, 7) is 2.01. The van der Waals surface area contributed by atoms with Gasteiger partial charge in [0.25, 0.3) is 0 Å². The molecule has 0 heterocycles. The number of rotatable bonds is 4. The quantitative estimate of drug-likeness (QED) is 0.881. The normalized spacial score (nSPS) is 11.3. The van der Waals surface area contributed by atoms with Gasteiger partial charge in [-0.25, -0.2) is 9.59 Å². The third kappa shape index (κ3) is 4.24. The van der Waals surface area contributed by atoms with E-state index in [1.807, 2.05) is 6.07 Å². The Kier molecular flexibility index (Phi) is 5.53. The zero-order valence-electron chi connectivity index (χ0n) is 11.1. The van der Waals surface area contributed by atoms with Gasteiger partial charge in [-0.1, -0.05) is 0 Å². The SMILES string of the molecule is CC(C#N)CN(C)C(=O)Nc1ccc(Br)c(C(=O)O)c1. The van der Waals surface area contributed by atoms with Gasteiger partial charge in [-0.2, -0.15) is 5.26 Å². The Morgan fingerprint density at radius 3 is 2.75 bits per heavy atom. The molecule has 20 heavy (non-hydrogen) atoms. The van der Waals surface area contributed by atoms with E-state index in [0.717, 1.165) is 0 Å². The van der Waals surface area contributed by atoms with Crippen LogP contribution < -0.4 is 5.32 Å². The fourth-order valence-electron chi connectivity index (χ4n) is 1.52. The van der Waals surface area contributed by atoms with Crippen molar-refractivity contribution in [2.45, 2.75) is 6.92 Å². The number of hydrogen-bond acceptors (Lipinski definition) is 3. The van der Waals surface area contributed by atoms with Crippen LogP contribution in [-0.4, -0.2) is 35.6 Å². The van der Waals surface area contributed by atoms with Gasteiger partial charge in [-0.3, -0.25) is 0 Å². The monoisotopic (exact) mass is 339 g/mol. The van der Waals surface area contributed by atoms with E-state index in [2.05, 4.69) is 21.2 Å². The molecule has 0 aliphatic carbocycles. The van der Waals surface area contributed by atoms with Crippen molar-refractivity contribution in [3.63, 3.8) is 0 Å². The van der Waals surface area contributed by atoms with E-state index >= 15 is 0 Å². The summed E-state index contributed by atoms with van der Waals surface area (Å²) in [4.78, 5) is 24.2. The molecule has 0 saturated heterocycles. The molecule has 2 amide bonds. The molecule has 1 rings (SSSR count). The van der Waals surface area contributed by atoms with Gasteiger partial charge in [0.15, 0.2) is 0 Å². The maximum absolute atomic E-state index is 11.9. The second kappa shape index (κ2) is 6.91. The molecule has 1 atom stereocenters. The predicted octanol–water partition coefficient (Wildman–Crippen LogP) is 2.77. The van der Waals surface area contributed by atoms with Crippen molar-refractivity contribution in [3.8, 4) is 6.07 Å². The zero-order valence-corrected chi connectivity index (χ0v) is 12.6. The van der Waals surface area contributed by atoms with E-state index in [-0.39, 0.29) is 11.5 Å². The number of nitriles is 1. The van der Waals surface area contributed by atoms with Gasteiger partial charge < -0.3 is 15.3 Å². The zero-order chi connectivity index (χ0) is 15.3. The van der Waals surface area contributed by atoms with Gasteiger partial charge in [0, 0.05) is 23.8 Å². The van der Waals surface area contributed by atoms with Gasteiger partial charge >= 0.3 is 12.0 Å². The first-order chi connectivity index (χ1) is 9.35. The van der Waals surface area contributed by atoms with Crippen molar-refractivity contribution in [2.24, 2.45) is 5.92 Å². The van der Waals surface area contributed by atoms with Gasteiger partial charge in [0.1, 0.15) is 0 Å². The molecule has 0 radical (unpaired) electrons. The lowest BCUT2D eigenvalue weighted by atomic mass is 10.2. The number of carbonyl (C=O) groups excluding carboxylic acids is 1. The number of hydrogen-bond donors (Lipinski definition) is 2. The summed E-state index contributed by atoms with van der Waals surface area (Å²) in [7, 11) is 1.57. The Morgan fingerprint density at radius 2 is 2.20 bits per heavy atom. The second-order valence-corrected chi connectivity index (χ2v) is 5.19. The largest absolute Gasteiger partial charge is 0.478 e. The van der Waals surface area contributed by atoms with Gasteiger partial charge in [-0.15, -0.1) is 0 Å². The van der Waals surface area contributed by atoms with Crippen molar-refractivity contribution in [3.05, 3.63) is 28.2 Å². The van der Waals surface area contributed by atoms with Crippen LogP contribution in [0.25, 0.3) is 0 Å². The number of nitrogens with zero attached hydrogens (tertiary/aromatic N) is 2. The first-order valence-electron chi connectivity index (χ1n) is 5.79. The molecule has 2 N–H and O–H groups in total. The van der Waals surface area contributed by atoms with Gasteiger partial charge in [0.05, 0.1) is 17.6 Å². The molecule has 6 nitrogen and oxygen atoms in total. The molecule has 0 aliphatic rings. The molecule has 106 valence electrons. The maximum Gasteiger partial charge on any atom is 0.336 e. The number of carbonyl (C=O) groups is 2. The number of carboxylic acid groups (broad SMARTS) is 1. The first kappa shape index (κ1) is 16.0. The van der Waals surface area contributed by atoms with Crippen LogP contribution in [0.2, 0.25) is 0 Å². The molecule has 0 aliphatic heterocycles. The van der Waals surface area contributed by atoms with E-state index in [1.165, 1.54) is 11.0 Å². The number of urea groups is 1. The molecule has 1 unspecified atom stereocenters. The molecule has 0 spiro atoms. The smallest absolute Gasteiger partial charge is 0.336 e. The Bertz CT molecular complexity index is 568. The highest BCUT2D eigenvalue weighted by Crippen LogP contribution is 2.21. The highest BCUT2D eigenvalue weighted by molar-refractivity contribution is 9.10. The van der Waals surface area contributed by atoms with Crippen LogP contribution in [0.3, 0.4) is 0 Å². The molecule has 1 aromatic carbocycles. The van der Waals surface area contributed by atoms with E-state index in [4.69, 9.17) is 10.4 Å². The number of benzene rings is 1. The van der Waals surface area contributed by atoms with Crippen LogP contribution in [0.15, 0.2) is 22.7 Å². The summed E-state index contributed by atoms with van der Waals surface area (Å²) in [6, 6.07) is 6.16. The molecule has 1 aromatic rings. The van der Waals surface area contributed by atoms with E-state index in [0.29, 0.717) is 16.7 Å². The lowest BCUT2D eigenvalue weighted by Crippen LogP contribution is -2.34. The summed E-state index contributed by atoms with van der Waals surface area (Å²) in [6.07, 6.45) is 0. The van der Waals surface area contributed by atoms with Crippen molar-refractivity contribution in [1.29, 1.82) is 5.26 Å². The lowest BCUT2D eigenvalue weighted by molar-refractivity contribution is 0.0696. The molecule has 0 fully saturated rings. The highest BCUT2D eigenvalue weighted by Gasteiger charge is 2.14. The molecular formula is C13H14BrN3O3. The van der Waals surface area contributed by atoms with Crippen molar-refractivity contribution < 1.29 is 14.7 Å². The Labute approximate surface area is 125 Å². The van der Waals surface area contributed by atoms with Crippen LogP contribution >= 0.6 is 15.9 Å². The topological polar surface area (TPSA) is 93.4 Å². The van der Waals surface area contributed by atoms with Crippen molar-refractivity contribution >= 4 is 33.6 Å². The summed E-state index contributed by atoms with van der Waals surface area (Å²) >= 11 is 3.13. The average molecular weight is 340 g/mol. The summed E-state index contributed by atoms with van der Waals surface area (Å²) in [5, 5.41) is 20.3. The van der Waals surface area contributed by atoms with E-state index < -0.39 is 12.0 Å². The fraction of sp³-hybridized carbons (Fsp3) is 0.308. The number of amides is 2. The molecular weight excluding hydrogens is 326 g/mol. The molecule has 0 bridgehead atoms. The van der Waals surface area contributed by atoms with Crippen molar-refractivity contribution in [2.75, 3.05) is 18.9 Å². The Balaban J connectivity index is 2.79. The second-order valence-electron chi connectivity index (χ2n) is 4.34. The van der Waals surface area contributed by atoms with Crippen LogP contribution in [0.1, 0.15) is 17.3 Å². The lowest BCUT2D eigenvalue weighted by Gasteiger charge is -2.19. The van der Waals surface area contributed by atoms with E-state index in [9.17, 15) is 9.59 Å². The maximum atomic E-state index is 11.9. The minimum absolute atomic E-state index is 0.0656. The first-order valence-corrected chi connectivity index (χ1v) is 6.59. The third-order valence-corrected chi connectivity index (χ3v) is 3.25. The average Bonchev–Trinajstić information content (AvgIpc) is 2.40. The Morgan fingerprint density at radius 1 is 1.55 bits per heavy atom. The van der Waals surface area contributed by atoms with Gasteiger partial charge in [-0.05, 0) is 41.1 Å².